The maximum atomic E-state index is 11.2. The third-order valence-corrected chi connectivity index (χ3v) is 5.93. The molecule has 0 spiro atoms. The molecule has 1 aromatic carbocycles. The molecule has 0 radical (unpaired) electrons. The molecular weight excluding hydrogens is 380 g/mol. The molecule has 2 aromatic heterocycles. The molecule has 0 saturated heterocycles. The van der Waals surface area contributed by atoms with Crippen molar-refractivity contribution in [1.82, 2.24) is 9.97 Å². The highest BCUT2D eigenvalue weighted by Gasteiger charge is 2.15. The summed E-state index contributed by atoms with van der Waals surface area (Å²) in [6, 6.07) is 7.94. The lowest BCUT2D eigenvalue weighted by atomic mass is 10.1. The minimum Gasteiger partial charge on any atom is -0.306 e. The lowest BCUT2D eigenvalue weighted by Crippen LogP contribution is -1.99. The van der Waals surface area contributed by atoms with E-state index in [2.05, 4.69) is 41.8 Å². The summed E-state index contributed by atoms with van der Waals surface area (Å²) in [5, 5.41) is 2.05. The largest absolute Gasteiger partial charge is 0.323 e. The molecule has 3 nitrogen and oxygen atoms in total. The van der Waals surface area contributed by atoms with E-state index in [4.69, 9.17) is 0 Å². The number of hydrogen-bond donors (Lipinski definition) is 2. The van der Waals surface area contributed by atoms with Crippen molar-refractivity contribution < 1.29 is 0 Å². The Balaban J connectivity index is 2.09. The summed E-state index contributed by atoms with van der Waals surface area (Å²) in [6.45, 7) is 0. The molecule has 3 rings (SSSR count). The quantitative estimate of drug-likeness (QED) is 0.637. The Morgan fingerprint density at radius 2 is 1.94 bits per heavy atom. The van der Waals surface area contributed by atoms with Gasteiger partial charge in [0.25, 0.3) is 0 Å². The third-order valence-electron chi connectivity index (χ3n) is 2.71. The number of halogens is 2. The van der Waals surface area contributed by atoms with Crippen molar-refractivity contribution in [2.45, 2.75) is 4.83 Å². The summed E-state index contributed by atoms with van der Waals surface area (Å²) in [5.41, 5.74) is 2.59. The Kier molecular flexibility index (Phi) is 3.17. The van der Waals surface area contributed by atoms with Crippen molar-refractivity contribution in [2.75, 3.05) is 0 Å². The molecule has 1 atom stereocenters. The van der Waals surface area contributed by atoms with Crippen molar-refractivity contribution in [3.63, 3.8) is 0 Å². The van der Waals surface area contributed by atoms with Gasteiger partial charge in [-0.2, -0.15) is 0 Å². The van der Waals surface area contributed by atoms with E-state index in [1.54, 1.807) is 11.3 Å². The van der Waals surface area contributed by atoms with E-state index in [1.165, 1.54) is 4.88 Å². The zero-order valence-corrected chi connectivity index (χ0v) is 13.0. The van der Waals surface area contributed by atoms with Crippen molar-refractivity contribution in [3.05, 3.63) is 55.0 Å². The number of imidazole rings is 1. The number of hydrogen-bond acceptors (Lipinski definition) is 2. The topological polar surface area (TPSA) is 48.6 Å². The summed E-state index contributed by atoms with van der Waals surface area (Å²) in [5.74, 6) is 0. The number of thiophene rings is 1. The van der Waals surface area contributed by atoms with Crippen LogP contribution in [0, 0.1) is 0 Å². The van der Waals surface area contributed by atoms with Gasteiger partial charge in [0.2, 0.25) is 0 Å². The van der Waals surface area contributed by atoms with Crippen LogP contribution >= 0.6 is 43.2 Å². The first-order chi connectivity index (χ1) is 8.65. The minimum atomic E-state index is -0.175. The van der Waals surface area contributed by atoms with Crippen LogP contribution in [0.3, 0.4) is 0 Å². The molecule has 0 amide bonds. The fourth-order valence-corrected chi connectivity index (χ4v) is 4.61. The maximum absolute atomic E-state index is 11.2. The molecular formula is C12H8Br2N2OS. The molecule has 3 aromatic rings. The van der Waals surface area contributed by atoms with Crippen molar-refractivity contribution >= 4 is 54.2 Å². The van der Waals surface area contributed by atoms with Gasteiger partial charge in [-0.3, -0.25) is 0 Å². The zero-order valence-electron chi connectivity index (χ0n) is 9.04. The SMILES string of the molecule is O=c1[nH]c2ccc(C(Br)c3sccc3Br)cc2[nH]1. The Morgan fingerprint density at radius 1 is 1.17 bits per heavy atom. The van der Waals surface area contributed by atoms with Gasteiger partial charge in [-0.1, -0.05) is 22.0 Å². The average Bonchev–Trinajstić information content (AvgIpc) is 2.91. The lowest BCUT2D eigenvalue weighted by Gasteiger charge is -2.09. The Morgan fingerprint density at radius 3 is 2.67 bits per heavy atom. The van der Waals surface area contributed by atoms with E-state index in [-0.39, 0.29) is 10.5 Å². The van der Waals surface area contributed by atoms with E-state index < -0.39 is 0 Å². The van der Waals surface area contributed by atoms with Crippen LogP contribution in [-0.4, -0.2) is 9.97 Å². The zero-order chi connectivity index (χ0) is 12.7. The molecule has 92 valence electrons. The molecule has 0 aliphatic heterocycles. The summed E-state index contributed by atoms with van der Waals surface area (Å²) >= 11 is 8.92. The van der Waals surface area contributed by atoms with Gasteiger partial charge in [-0.15, -0.1) is 11.3 Å². The Labute approximate surface area is 124 Å². The van der Waals surface area contributed by atoms with Gasteiger partial charge in [0.05, 0.1) is 15.9 Å². The summed E-state index contributed by atoms with van der Waals surface area (Å²) in [4.78, 5) is 18.1. The van der Waals surface area contributed by atoms with E-state index in [9.17, 15) is 4.79 Å². The highest BCUT2D eigenvalue weighted by Crippen LogP contribution is 2.39. The second-order valence-electron chi connectivity index (χ2n) is 3.88. The molecule has 1 unspecified atom stereocenters. The predicted octanol–water partition coefficient (Wildman–Crippen LogP) is 4.16. The van der Waals surface area contributed by atoms with Crippen LogP contribution < -0.4 is 5.69 Å². The highest BCUT2D eigenvalue weighted by molar-refractivity contribution is 9.11. The van der Waals surface area contributed by atoms with Gasteiger partial charge in [-0.25, -0.2) is 4.79 Å². The second kappa shape index (κ2) is 4.68. The molecule has 0 aliphatic carbocycles. The molecule has 0 saturated carbocycles. The molecule has 6 heteroatoms. The van der Waals surface area contributed by atoms with Crippen LogP contribution in [0.1, 0.15) is 15.3 Å². The van der Waals surface area contributed by atoms with Gasteiger partial charge < -0.3 is 9.97 Å². The molecule has 18 heavy (non-hydrogen) atoms. The number of alkyl halides is 1. The van der Waals surface area contributed by atoms with Crippen LogP contribution in [0.2, 0.25) is 0 Å². The summed E-state index contributed by atoms with van der Waals surface area (Å²) in [6.07, 6.45) is 0. The van der Waals surface area contributed by atoms with Gasteiger partial charge in [0, 0.05) is 9.35 Å². The first-order valence-corrected chi connectivity index (χ1v) is 7.83. The van der Waals surface area contributed by atoms with Gasteiger partial charge >= 0.3 is 5.69 Å². The van der Waals surface area contributed by atoms with Crippen LogP contribution in [-0.2, 0) is 0 Å². The Hall–Kier alpha value is -0.850. The first kappa shape index (κ1) is 12.2. The number of aromatic nitrogens is 2. The summed E-state index contributed by atoms with van der Waals surface area (Å²) in [7, 11) is 0. The van der Waals surface area contributed by atoms with E-state index in [1.807, 2.05) is 29.6 Å². The monoisotopic (exact) mass is 386 g/mol. The summed E-state index contributed by atoms with van der Waals surface area (Å²) < 4.78 is 1.09. The molecule has 0 aliphatic rings. The van der Waals surface area contributed by atoms with Crippen LogP contribution in [0.5, 0.6) is 0 Å². The Bertz CT molecular complexity index is 759. The van der Waals surface area contributed by atoms with Crippen LogP contribution in [0.4, 0.5) is 0 Å². The molecule has 2 heterocycles. The average molecular weight is 388 g/mol. The molecule has 0 fully saturated rings. The predicted molar refractivity (Wildman–Crippen MR) is 81.7 cm³/mol. The van der Waals surface area contributed by atoms with Crippen molar-refractivity contribution in [2.24, 2.45) is 0 Å². The second-order valence-corrected chi connectivity index (χ2v) is 6.60. The first-order valence-electron chi connectivity index (χ1n) is 5.24. The van der Waals surface area contributed by atoms with Crippen LogP contribution in [0.15, 0.2) is 38.9 Å². The molecule has 2 N–H and O–H groups in total. The number of fused-ring (bicyclic) bond motifs is 1. The van der Waals surface area contributed by atoms with Crippen molar-refractivity contribution in [1.29, 1.82) is 0 Å². The maximum Gasteiger partial charge on any atom is 0.323 e. The smallest absolute Gasteiger partial charge is 0.306 e. The van der Waals surface area contributed by atoms with Gasteiger partial charge in [0.15, 0.2) is 0 Å². The normalized spacial score (nSPS) is 13.0. The third kappa shape index (κ3) is 2.08. The van der Waals surface area contributed by atoms with Crippen LogP contribution in [0.25, 0.3) is 11.0 Å². The van der Waals surface area contributed by atoms with E-state index in [0.29, 0.717) is 0 Å². The fourth-order valence-electron chi connectivity index (χ4n) is 1.85. The fraction of sp³-hybridized carbons (Fsp3) is 0.0833. The lowest BCUT2D eigenvalue weighted by molar-refractivity contribution is 1.21. The van der Waals surface area contributed by atoms with Gasteiger partial charge in [0.1, 0.15) is 0 Å². The number of H-pyrrole nitrogens is 2. The molecule has 0 bridgehead atoms. The van der Waals surface area contributed by atoms with E-state index in [0.717, 1.165) is 21.1 Å². The number of nitrogens with one attached hydrogen (secondary N) is 2. The standard InChI is InChI=1S/C12H8Br2N2OS/c13-7-3-4-18-11(7)10(14)6-1-2-8-9(5-6)16-12(17)15-8/h1-5,10H,(H2,15,16,17). The highest BCUT2D eigenvalue weighted by atomic mass is 79.9. The minimum absolute atomic E-state index is 0.120. The number of rotatable bonds is 2. The number of aromatic amines is 2. The van der Waals surface area contributed by atoms with Crippen molar-refractivity contribution in [3.8, 4) is 0 Å². The van der Waals surface area contributed by atoms with E-state index >= 15 is 0 Å². The number of benzene rings is 1. The van der Waals surface area contributed by atoms with Gasteiger partial charge in [-0.05, 0) is 45.1 Å².